The van der Waals surface area contributed by atoms with E-state index in [4.69, 9.17) is 0 Å². The molecule has 0 atom stereocenters. The topological polar surface area (TPSA) is 25.2 Å². The Hall–Kier alpha value is -1.70. The molecular formula is C13H14N2. The third kappa shape index (κ3) is 2.40. The van der Waals surface area contributed by atoms with E-state index in [1.54, 1.807) is 0 Å². The number of aromatic nitrogens is 1. The summed E-state index contributed by atoms with van der Waals surface area (Å²) in [6.07, 6.45) is 1.83. The largest absolute Gasteiger partial charge is 0.288 e. The van der Waals surface area contributed by atoms with Crippen LogP contribution in [-0.2, 0) is 0 Å². The van der Waals surface area contributed by atoms with E-state index < -0.39 is 0 Å². The first-order valence-electron chi connectivity index (χ1n) is 5.15. The molecule has 0 fully saturated rings. The summed E-state index contributed by atoms with van der Waals surface area (Å²) in [4.78, 5) is 8.81. The first-order valence-corrected chi connectivity index (χ1v) is 5.15. The maximum atomic E-state index is 4.50. The van der Waals surface area contributed by atoms with Crippen molar-refractivity contribution in [1.29, 1.82) is 0 Å². The lowest BCUT2D eigenvalue weighted by atomic mass is 10.2. The van der Waals surface area contributed by atoms with Crippen molar-refractivity contribution >= 4 is 17.1 Å². The highest BCUT2D eigenvalue weighted by Crippen LogP contribution is 2.10. The molecule has 0 bridgehead atoms. The normalized spacial score (nSPS) is 11.7. The van der Waals surface area contributed by atoms with Gasteiger partial charge in [-0.2, -0.15) is 0 Å². The van der Waals surface area contributed by atoms with Crippen LogP contribution in [0.5, 0.6) is 0 Å². The first kappa shape index (κ1) is 9.84. The van der Waals surface area contributed by atoms with Crippen molar-refractivity contribution in [2.24, 2.45) is 4.99 Å². The molecule has 2 heteroatoms. The zero-order valence-corrected chi connectivity index (χ0v) is 9.01. The predicted octanol–water partition coefficient (Wildman–Crippen LogP) is 3.06. The van der Waals surface area contributed by atoms with Crippen LogP contribution in [-0.4, -0.2) is 17.2 Å². The van der Waals surface area contributed by atoms with Gasteiger partial charge in [0.2, 0.25) is 0 Å². The first-order chi connectivity index (χ1) is 7.25. The summed E-state index contributed by atoms with van der Waals surface area (Å²) in [7, 11) is 0. The molecule has 76 valence electrons. The van der Waals surface area contributed by atoms with E-state index >= 15 is 0 Å². The second-order valence-corrected chi connectivity index (χ2v) is 3.80. The Morgan fingerprint density at radius 1 is 1.13 bits per heavy atom. The third-order valence-electron chi connectivity index (χ3n) is 2.12. The molecule has 2 rings (SSSR count). The van der Waals surface area contributed by atoms with Crippen LogP contribution in [0.1, 0.15) is 19.5 Å². The smallest absolute Gasteiger partial charge is 0.0815 e. The monoisotopic (exact) mass is 198 g/mol. The van der Waals surface area contributed by atoms with Crippen LogP contribution in [0.2, 0.25) is 0 Å². The van der Waals surface area contributed by atoms with Gasteiger partial charge in [-0.25, -0.2) is 4.98 Å². The molecule has 15 heavy (non-hydrogen) atoms. The van der Waals surface area contributed by atoms with Crippen molar-refractivity contribution in [3.05, 3.63) is 42.1 Å². The van der Waals surface area contributed by atoms with Gasteiger partial charge < -0.3 is 0 Å². The Balaban J connectivity index is 2.39. The molecule has 0 N–H and O–H groups in total. The number of para-hydroxylation sites is 1. The predicted molar refractivity (Wildman–Crippen MR) is 64.5 cm³/mol. The molecular weight excluding hydrogens is 184 g/mol. The summed E-state index contributed by atoms with van der Waals surface area (Å²) in [5.74, 6) is 0. The van der Waals surface area contributed by atoms with Gasteiger partial charge in [0, 0.05) is 17.6 Å². The van der Waals surface area contributed by atoms with E-state index in [0.717, 1.165) is 11.2 Å². The molecule has 2 aromatic rings. The van der Waals surface area contributed by atoms with Gasteiger partial charge in [0.15, 0.2) is 0 Å². The zero-order chi connectivity index (χ0) is 10.7. The van der Waals surface area contributed by atoms with Crippen molar-refractivity contribution in [2.45, 2.75) is 19.9 Å². The lowest BCUT2D eigenvalue weighted by Crippen LogP contribution is -1.93. The molecule has 1 aromatic heterocycles. The van der Waals surface area contributed by atoms with Gasteiger partial charge in [0.1, 0.15) is 0 Å². The molecule has 0 aliphatic heterocycles. The van der Waals surface area contributed by atoms with Gasteiger partial charge in [-0.1, -0.05) is 24.3 Å². The number of benzene rings is 1. The fraction of sp³-hybridized carbons (Fsp3) is 0.231. The Kier molecular flexibility index (Phi) is 2.77. The number of hydrogen-bond acceptors (Lipinski definition) is 2. The minimum atomic E-state index is 0.318. The zero-order valence-electron chi connectivity index (χ0n) is 9.01. The van der Waals surface area contributed by atoms with Crippen LogP contribution < -0.4 is 0 Å². The highest BCUT2D eigenvalue weighted by Gasteiger charge is 1.95. The van der Waals surface area contributed by atoms with Gasteiger partial charge in [0.05, 0.1) is 11.2 Å². The number of pyridine rings is 1. The summed E-state index contributed by atoms with van der Waals surface area (Å²) in [6, 6.07) is 12.5. The van der Waals surface area contributed by atoms with Crippen molar-refractivity contribution in [3.63, 3.8) is 0 Å². The molecule has 2 nitrogen and oxygen atoms in total. The number of fused-ring (bicyclic) bond motifs is 1. The highest BCUT2D eigenvalue weighted by atomic mass is 14.8. The average molecular weight is 198 g/mol. The summed E-state index contributed by atoms with van der Waals surface area (Å²) < 4.78 is 0. The van der Waals surface area contributed by atoms with Crippen LogP contribution in [0.4, 0.5) is 0 Å². The molecule has 0 unspecified atom stereocenters. The van der Waals surface area contributed by atoms with Crippen molar-refractivity contribution in [1.82, 2.24) is 4.98 Å². The van der Waals surface area contributed by atoms with Crippen molar-refractivity contribution < 1.29 is 0 Å². The Bertz CT molecular complexity index is 487. The summed E-state index contributed by atoms with van der Waals surface area (Å²) >= 11 is 0. The van der Waals surface area contributed by atoms with E-state index in [0.29, 0.717) is 6.04 Å². The fourth-order valence-electron chi connectivity index (χ4n) is 1.38. The maximum Gasteiger partial charge on any atom is 0.0815 e. The van der Waals surface area contributed by atoms with Crippen LogP contribution in [0, 0.1) is 0 Å². The van der Waals surface area contributed by atoms with Crippen LogP contribution in [0.3, 0.4) is 0 Å². The molecule has 1 aromatic carbocycles. The summed E-state index contributed by atoms with van der Waals surface area (Å²) in [5.41, 5.74) is 1.94. The SMILES string of the molecule is CC(C)N=Cc1ccc2ccccc2n1. The molecule has 0 aliphatic carbocycles. The lowest BCUT2D eigenvalue weighted by Gasteiger charge is -1.98. The van der Waals surface area contributed by atoms with E-state index in [9.17, 15) is 0 Å². The van der Waals surface area contributed by atoms with Gasteiger partial charge >= 0.3 is 0 Å². The molecule has 0 saturated heterocycles. The second kappa shape index (κ2) is 4.22. The van der Waals surface area contributed by atoms with Crippen LogP contribution >= 0.6 is 0 Å². The lowest BCUT2D eigenvalue weighted by molar-refractivity contribution is 0.840. The third-order valence-corrected chi connectivity index (χ3v) is 2.12. The molecule has 0 spiro atoms. The Morgan fingerprint density at radius 3 is 2.73 bits per heavy atom. The quantitative estimate of drug-likeness (QED) is 0.681. The van der Waals surface area contributed by atoms with Gasteiger partial charge in [-0.05, 0) is 26.0 Å². The van der Waals surface area contributed by atoms with E-state index in [2.05, 4.69) is 36.0 Å². The van der Waals surface area contributed by atoms with Crippen molar-refractivity contribution in [3.8, 4) is 0 Å². The number of hydrogen-bond donors (Lipinski definition) is 0. The number of rotatable bonds is 2. The van der Waals surface area contributed by atoms with Crippen molar-refractivity contribution in [2.75, 3.05) is 0 Å². The van der Waals surface area contributed by atoms with E-state index in [1.165, 1.54) is 5.39 Å². The average Bonchev–Trinajstić information content (AvgIpc) is 2.26. The van der Waals surface area contributed by atoms with Gasteiger partial charge in [-0.3, -0.25) is 4.99 Å². The minimum absolute atomic E-state index is 0.318. The fourth-order valence-corrected chi connectivity index (χ4v) is 1.38. The summed E-state index contributed by atoms with van der Waals surface area (Å²) in [6.45, 7) is 4.11. The molecule has 1 heterocycles. The summed E-state index contributed by atoms with van der Waals surface area (Å²) in [5, 5.41) is 1.17. The van der Waals surface area contributed by atoms with Gasteiger partial charge in [-0.15, -0.1) is 0 Å². The van der Waals surface area contributed by atoms with Crippen LogP contribution in [0.25, 0.3) is 10.9 Å². The van der Waals surface area contributed by atoms with E-state index in [1.807, 2.05) is 30.5 Å². The molecule has 0 radical (unpaired) electrons. The standard InChI is InChI=1S/C13H14N2/c1-10(2)14-9-12-8-7-11-5-3-4-6-13(11)15-12/h3-10H,1-2H3. The maximum absolute atomic E-state index is 4.50. The van der Waals surface area contributed by atoms with Gasteiger partial charge in [0.25, 0.3) is 0 Å². The molecule has 0 amide bonds. The second-order valence-electron chi connectivity index (χ2n) is 3.80. The molecule has 0 saturated carbocycles. The highest BCUT2D eigenvalue weighted by molar-refractivity contribution is 5.85. The minimum Gasteiger partial charge on any atom is -0.288 e. The Morgan fingerprint density at radius 2 is 1.93 bits per heavy atom. The number of nitrogens with zero attached hydrogens (tertiary/aromatic N) is 2. The molecule has 0 aliphatic rings. The number of aliphatic imine (C=N–C) groups is 1. The Labute approximate surface area is 89.7 Å². The van der Waals surface area contributed by atoms with E-state index in [-0.39, 0.29) is 0 Å². The van der Waals surface area contributed by atoms with Crippen LogP contribution in [0.15, 0.2) is 41.4 Å².